The molecule has 0 radical (unpaired) electrons. The normalized spacial score (nSPS) is 17.1. The van der Waals surface area contributed by atoms with Crippen LogP contribution in [-0.4, -0.2) is 66.0 Å². The van der Waals surface area contributed by atoms with Crippen molar-refractivity contribution in [2.24, 2.45) is 5.92 Å². The van der Waals surface area contributed by atoms with Crippen molar-refractivity contribution in [3.8, 4) is 0 Å². The second-order valence-electron chi connectivity index (χ2n) is 13.6. The lowest BCUT2D eigenvalue weighted by Gasteiger charge is -2.40. The van der Waals surface area contributed by atoms with E-state index >= 15 is 0 Å². The number of hydrogen-bond acceptors (Lipinski definition) is 4. The van der Waals surface area contributed by atoms with Gasteiger partial charge in [-0.3, -0.25) is 9.59 Å². The van der Waals surface area contributed by atoms with E-state index in [1.807, 2.05) is 41.3 Å². The van der Waals surface area contributed by atoms with Crippen LogP contribution in [0.5, 0.6) is 0 Å². The smallest absolute Gasteiger partial charge is 0.253 e. The largest absolute Gasteiger partial charge is 0.385 e. The van der Waals surface area contributed by atoms with Crippen LogP contribution in [0.1, 0.15) is 65.6 Å². The second-order valence-corrected chi connectivity index (χ2v) is 14.5. The summed E-state index contributed by atoms with van der Waals surface area (Å²) in [4.78, 5) is 31.1. The fourth-order valence-electron chi connectivity index (χ4n) is 7.56. The van der Waals surface area contributed by atoms with Gasteiger partial charge < -0.3 is 20.2 Å². The number of piperidine rings is 2. The van der Waals surface area contributed by atoms with Crippen molar-refractivity contribution in [2.45, 2.75) is 49.5 Å². The summed E-state index contributed by atoms with van der Waals surface area (Å²) < 4.78 is 0. The predicted molar refractivity (Wildman–Crippen MR) is 197 cm³/mol. The van der Waals surface area contributed by atoms with E-state index in [0.717, 1.165) is 38.0 Å². The molecule has 2 aliphatic heterocycles. The molecule has 2 amide bonds. The molecule has 0 saturated carbocycles. The van der Waals surface area contributed by atoms with Crippen molar-refractivity contribution in [3.63, 3.8) is 0 Å². The Morgan fingerprint density at radius 1 is 0.755 bits per heavy atom. The maximum absolute atomic E-state index is 13.7. The number of halogens is 2. The molecule has 2 fully saturated rings. The molecule has 2 aliphatic rings. The summed E-state index contributed by atoms with van der Waals surface area (Å²) in [6.45, 7) is 4.12. The Labute approximate surface area is 300 Å². The molecular formula is C41H45Cl2N3O3. The van der Waals surface area contributed by atoms with Gasteiger partial charge in [0.05, 0.1) is 5.60 Å². The Balaban J connectivity index is 1.11. The van der Waals surface area contributed by atoms with E-state index in [0.29, 0.717) is 60.9 Å². The monoisotopic (exact) mass is 697 g/mol. The topological polar surface area (TPSA) is 72.9 Å². The van der Waals surface area contributed by atoms with Crippen LogP contribution in [0.2, 0.25) is 10.0 Å². The van der Waals surface area contributed by atoms with Gasteiger partial charge in [-0.15, -0.1) is 0 Å². The fraction of sp³-hybridized carbons (Fsp3) is 0.366. The summed E-state index contributed by atoms with van der Waals surface area (Å²) in [5, 5.41) is 16.1. The van der Waals surface area contributed by atoms with E-state index in [9.17, 15) is 14.7 Å². The van der Waals surface area contributed by atoms with Crippen LogP contribution < -0.4 is 5.32 Å². The zero-order chi connectivity index (χ0) is 34.3. The first-order valence-corrected chi connectivity index (χ1v) is 18.2. The van der Waals surface area contributed by atoms with Crippen molar-refractivity contribution in [3.05, 3.63) is 141 Å². The lowest BCUT2D eigenvalue weighted by atomic mass is 9.71. The molecule has 2 N–H and O–H groups in total. The SMILES string of the molecule is O=C(NCC(CCCN1CCC(O)(c2ccc(Cl)cc2)CC1)(c1ccccc1)c1ccccc1)C1CCN(C(=O)c2ccc(Cl)cc2)CC1. The van der Waals surface area contributed by atoms with Crippen LogP contribution in [-0.2, 0) is 15.8 Å². The molecule has 8 heteroatoms. The van der Waals surface area contributed by atoms with Gasteiger partial charge in [-0.05, 0) is 98.2 Å². The van der Waals surface area contributed by atoms with Crippen molar-refractivity contribution in [2.75, 3.05) is 39.3 Å². The van der Waals surface area contributed by atoms with Crippen LogP contribution in [0.4, 0.5) is 0 Å². The summed E-state index contributed by atoms with van der Waals surface area (Å²) in [5.41, 5.74) is 2.66. The molecular weight excluding hydrogens is 653 g/mol. The number of aliphatic hydroxyl groups is 1. The average Bonchev–Trinajstić information content (AvgIpc) is 3.15. The van der Waals surface area contributed by atoms with Crippen molar-refractivity contribution >= 4 is 35.0 Å². The van der Waals surface area contributed by atoms with Gasteiger partial charge in [0.15, 0.2) is 0 Å². The number of nitrogens with one attached hydrogen (secondary N) is 1. The lowest BCUT2D eigenvalue weighted by molar-refractivity contribution is -0.126. The maximum Gasteiger partial charge on any atom is 0.253 e. The Morgan fingerprint density at radius 2 is 1.29 bits per heavy atom. The molecule has 2 heterocycles. The maximum atomic E-state index is 13.7. The quantitative estimate of drug-likeness (QED) is 0.168. The van der Waals surface area contributed by atoms with E-state index in [1.54, 1.807) is 24.3 Å². The summed E-state index contributed by atoms with van der Waals surface area (Å²) in [6.07, 6.45) is 4.41. The first kappa shape index (κ1) is 35.2. The van der Waals surface area contributed by atoms with E-state index in [4.69, 9.17) is 23.2 Å². The van der Waals surface area contributed by atoms with Gasteiger partial charge in [-0.25, -0.2) is 0 Å². The summed E-state index contributed by atoms with van der Waals surface area (Å²) >= 11 is 12.1. The van der Waals surface area contributed by atoms with Crippen LogP contribution in [0, 0.1) is 5.92 Å². The van der Waals surface area contributed by atoms with Gasteiger partial charge in [-0.2, -0.15) is 0 Å². The molecule has 0 aliphatic carbocycles. The first-order valence-electron chi connectivity index (χ1n) is 17.4. The fourth-order valence-corrected chi connectivity index (χ4v) is 7.82. The zero-order valence-electron chi connectivity index (χ0n) is 27.9. The third kappa shape index (κ3) is 8.38. The second kappa shape index (κ2) is 15.9. The van der Waals surface area contributed by atoms with Crippen LogP contribution in [0.3, 0.4) is 0 Å². The van der Waals surface area contributed by atoms with E-state index in [1.165, 1.54) is 11.1 Å². The number of hydrogen-bond donors (Lipinski definition) is 2. The number of carbonyl (C=O) groups is 2. The Bertz CT molecular complexity index is 1630. The van der Waals surface area contributed by atoms with Crippen LogP contribution >= 0.6 is 23.2 Å². The standard InChI is InChI=1S/C41H45Cl2N3O3/c42-36-16-12-32(13-17-36)39(48)46-26-20-31(21-27-46)38(47)44-30-40(33-8-3-1-4-9-33,34-10-5-2-6-11-34)22-7-25-45-28-23-41(49,24-29-45)35-14-18-37(43)19-15-35/h1-6,8-19,31,49H,7,20-30H2,(H,44,47). The number of benzene rings is 4. The van der Waals surface area contributed by atoms with Crippen LogP contribution in [0.25, 0.3) is 0 Å². The third-order valence-electron chi connectivity index (χ3n) is 10.6. The average molecular weight is 699 g/mol. The third-order valence-corrected chi connectivity index (χ3v) is 11.1. The van der Waals surface area contributed by atoms with Crippen molar-refractivity contribution < 1.29 is 14.7 Å². The van der Waals surface area contributed by atoms with Gasteiger partial charge in [0, 0.05) is 59.7 Å². The molecule has 0 atom stereocenters. The van der Waals surface area contributed by atoms with Gasteiger partial charge in [0.1, 0.15) is 0 Å². The number of likely N-dealkylation sites (tertiary alicyclic amines) is 2. The predicted octanol–water partition coefficient (Wildman–Crippen LogP) is 7.71. The molecule has 2 saturated heterocycles. The molecule has 256 valence electrons. The summed E-state index contributed by atoms with van der Waals surface area (Å²) in [6, 6.07) is 35.6. The van der Waals surface area contributed by atoms with E-state index in [2.05, 4.69) is 58.7 Å². The highest BCUT2D eigenvalue weighted by atomic mass is 35.5. The number of carbonyl (C=O) groups excluding carboxylic acids is 2. The zero-order valence-corrected chi connectivity index (χ0v) is 29.4. The Morgan fingerprint density at radius 3 is 1.84 bits per heavy atom. The van der Waals surface area contributed by atoms with E-state index in [-0.39, 0.29) is 17.7 Å². The highest BCUT2D eigenvalue weighted by molar-refractivity contribution is 6.30. The minimum atomic E-state index is -0.831. The molecule has 0 unspecified atom stereocenters. The van der Waals surface area contributed by atoms with Gasteiger partial charge >= 0.3 is 0 Å². The number of rotatable bonds is 11. The van der Waals surface area contributed by atoms with Crippen molar-refractivity contribution in [1.29, 1.82) is 0 Å². The molecule has 4 aromatic rings. The molecule has 6 nitrogen and oxygen atoms in total. The molecule has 0 bridgehead atoms. The number of nitrogens with zero attached hydrogens (tertiary/aromatic N) is 2. The molecule has 49 heavy (non-hydrogen) atoms. The number of amides is 2. The van der Waals surface area contributed by atoms with Gasteiger partial charge in [0.2, 0.25) is 5.91 Å². The van der Waals surface area contributed by atoms with Gasteiger partial charge in [-0.1, -0.05) is 96.0 Å². The summed E-state index contributed by atoms with van der Waals surface area (Å²) in [7, 11) is 0. The van der Waals surface area contributed by atoms with Crippen LogP contribution in [0.15, 0.2) is 109 Å². The minimum absolute atomic E-state index is 0.0222. The van der Waals surface area contributed by atoms with Gasteiger partial charge in [0.25, 0.3) is 5.91 Å². The summed E-state index contributed by atoms with van der Waals surface area (Å²) in [5.74, 6) is -0.121. The Kier molecular flexibility index (Phi) is 11.4. The first-order chi connectivity index (χ1) is 23.8. The highest BCUT2D eigenvalue weighted by Gasteiger charge is 2.37. The highest BCUT2D eigenvalue weighted by Crippen LogP contribution is 2.38. The van der Waals surface area contributed by atoms with E-state index < -0.39 is 11.0 Å². The lowest BCUT2D eigenvalue weighted by Crippen LogP contribution is -2.47. The van der Waals surface area contributed by atoms with Crippen molar-refractivity contribution in [1.82, 2.24) is 15.1 Å². The molecule has 0 aromatic heterocycles. The molecule has 0 spiro atoms. The molecule has 4 aromatic carbocycles. The Hall–Kier alpha value is -3.68. The minimum Gasteiger partial charge on any atom is -0.385 e. The molecule has 6 rings (SSSR count).